The van der Waals surface area contributed by atoms with Gasteiger partial charge in [-0.15, -0.1) is 0 Å². The second-order valence-electron chi connectivity index (χ2n) is 6.24. The molecular formula is C16H32N4O4. The molecule has 1 aliphatic rings. The van der Waals surface area contributed by atoms with Gasteiger partial charge in [-0.05, 0) is 13.5 Å². The zero-order valence-corrected chi connectivity index (χ0v) is 14.9. The molecule has 140 valence electrons. The monoisotopic (exact) mass is 344 g/mol. The molecule has 0 aliphatic carbocycles. The lowest BCUT2D eigenvalue weighted by Crippen LogP contribution is -2.48. The topological polar surface area (TPSA) is 87.6 Å². The number of carboxylic acid groups (broad SMARTS) is 1. The molecule has 0 spiro atoms. The number of hydrogen-bond acceptors (Lipinski definition) is 7. The number of hydrogen-bond donors (Lipinski definition) is 2. The minimum atomic E-state index is -0.827. The molecule has 0 radical (unpaired) electrons. The number of aliphatic hydroxyl groups is 1. The lowest BCUT2D eigenvalue weighted by atomic mass is 10.3. The van der Waals surface area contributed by atoms with Crippen molar-refractivity contribution in [2.45, 2.75) is 20.1 Å². The van der Waals surface area contributed by atoms with E-state index in [0.29, 0.717) is 39.3 Å². The van der Waals surface area contributed by atoms with Gasteiger partial charge in [0.1, 0.15) is 12.5 Å². The molecule has 1 saturated heterocycles. The summed E-state index contributed by atoms with van der Waals surface area (Å²) in [4.78, 5) is 30.2. The number of likely N-dealkylation sites (N-methyl/N-ethyl adjacent to an activating group) is 1. The number of carbonyl (C=O) groups is 2. The van der Waals surface area contributed by atoms with E-state index in [2.05, 4.69) is 11.8 Å². The first-order valence-electron chi connectivity index (χ1n) is 8.70. The van der Waals surface area contributed by atoms with Crippen LogP contribution in [0.25, 0.3) is 0 Å². The van der Waals surface area contributed by atoms with E-state index < -0.39 is 12.2 Å². The van der Waals surface area contributed by atoms with E-state index >= 15 is 0 Å². The van der Waals surface area contributed by atoms with Crippen LogP contribution in [-0.2, 0) is 9.59 Å². The van der Waals surface area contributed by atoms with Gasteiger partial charge in [-0.2, -0.15) is 0 Å². The Hall–Kier alpha value is -1.06. The quantitative estimate of drug-likeness (QED) is 0.584. The van der Waals surface area contributed by atoms with Crippen molar-refractivity contribution in [3.63, 3.8) is 0 Å². The highest BCUT2D eigenvalue weighted by Gasteiger charge is 2.18. The van der Waals surface area contributed by atoms with Gasteiger partial charge in [-0.1, -0.05) is 6.92 Å². The number of aldehydes is 1. The molecule has 1 heterocycles. The average Bonchev–Trinajstić information content (AvgIpc) is 2.52. The summed E-state index contributed by atoms with van der Waals surface area (Å²) >= 11 is 0. The fourth-order valence-corrected chi connectivity index (χ4v) is 2.88. The Labute approximate surface area is 144 Å². The third-order valence-electron chi connectivity index (χ3n) is 4.54. The number of aliphatic carboxylic acids is 1. The minimum absolute atomic E-state index is 0.0201. The molecule has 0 aromatic heterocycles. The van der Waals surface area contributed by atoms with E-state index in [0.717, 1.165) is 32.5 Å². The molecule has 1 aliphatic heterocycles. The molecule has 1 unspecified atom stereocenters. The summed E-state index contributed by atoms with van der Waals surface area (Å²) in [6.45, 7) is 10.8. The van der Waals surface area contributed by atoms with E-state index in [9.17, 15) is 14.7 Å². The molecule has 8 nitrogen and oxygen atoms in total. The third kappa shape index (κ3) is 8.16. The minimum Gasteiger partial charge on any atom is -0.480 e. The number of rotatable bonds is 6. The Morgan fingerprint density at radius 2 is 1.50 bits per heavy atom. The lowest BCUT2D eigenvalue weighted by molar-refractivity contribution is -0.138. The summed E-state index contributed by atoms with van der Waals surface area (Å²) in [5.41, 5.74) is 0. The fraction of sp³-hybridized carbons (Fsp3) is 0.875. The van der Waals surface area contributed by atoms with Gasteiger partial charge in [0.25, 0.3) is 0 Å². The largest absolute Gasteiger partial charge is 0.480 e. The molecule has 2 N–H and O–H groups in total. The van der Waals surface area contributed by atoms with E-state index in [1.165, 1.54) is 0 Å². The Morgan fingerprint density at radius 1 is 1.00 bits per heavy atom. The van der Waals surface area contributed by atoms with Crippen LogP contribution in [0.2, 0.25) is 0 Å². The Morgan fingerprint density at radius 3 is 2.00 bits per heavy atom. The van der Waals surface area contributed by atoms with Gasteiger partial charge in [-0.3, -0.25) is 19.5 Å². The first-order chi connectivity index (χ1) is 11.5. The summed E-state index contributed by atoms with van der Waals surface area (Å²) in [7, 11) is 0. The van der Waals surface area contributed by atoms with Crippen LogP contribution in [0.15, 0.2) is 0 Å². The second kappa shape index (κ2) is 11.5. The zero-order valence-electron chi connectivity index (χ0n) is 14.9. The van der Waals surface area contributed by atoms with Crippen LogP contribution in [-0.4, -0.2) is 120 Å². The summed E-state index contributed by atoms with van der Waals surface area (Å²) in [6.07, 6.45) is 0.354. The van der Waals surface area contributed by atoms with Crippen LogP contribution >= 0.6 is 0 Å². The molecule has 0 bridgehead atoms. The first-order valence-corrected chi connectivity index (χ1v) is 8.70. The summed E-state index contributed by atoms with van der Waals surface area (Å²) < 4.78 is 0. The van der Waals surface area contributed by atoms with E-state index in [1.807, 2.05) is 14.7 Å². The van der Waals surface area contributed by atoms with Gasteiger partial charge in [0.2, 0.25) is 0 Å². The Bertz CT molecular complexity index is 381. The predicted octanol–water partition coefficient (Wildman–Crippen LogP) is -1.15. The summed E-state index contributed by atoms with van der Waals surface area (Å²) in [5, 5.41) is 19.0. The van der Waals surface area contributed by atoms with Crippen LogP contribution < -0.4 is 0 Å². The molecule has 1 atom stereocenters. The Balaban J connectivity index is 2.76. The van der Waals surface area contributed by atoms with Gasteiger partial charge in [0, 0.05) is 52.4 Å². The van der Waals surface area contributed by atoms with Gasteiger partial charge in [-0.25, -0.2) is 0 Å². The highest BCUT2D eigenvalue weighted by Crippen LogP contribution is 2.02. The van der Waals surface area contributed by atoms with Crippen molar-refractivity contribution in [1.82, 2.24) is 19.6 Å². The maximum atomic E-state index is 11.1. The smallest absolute Gasteiger partial charge is 0.317 e. The van der Waals surface area contributed by atoms with Gasteiger partial charge < -0.3 is 19.9 Å². The number of carboxylic acids is 1. The van der Waals surface area contributed by atoms with Crippen molar-refractivity contribution in [3.05, 3.63) is 0 Å². The van der Waals surface area contributed by atoms with Crippen molar-refractivity contribution in [1.29, 1.82) is 0 Å². The van der Waals surface area contributed by atoms with Gasteiger partial charge in [0.05, 0.1) is 13.1 Å². The number of aliphatic hydroxyl groups excluding tert-OH is 1. The molecule has 1 rings (SSSR count). The number of nitrogens with zero attached hydrogens (tertiary/aromatic N) is 4. The van der Waals surface area contributed by atoms with E-state index in [-0.39, 0.29) is 6.54 Å². The maximum Gasteiger partial charge on any atom is 0.317 e. The molecular weight excluding hydrogens is 312 g/mol. The van der Waals surface area contributed by atoms with Crippen LogP contribution in [0.1, 0.15) is 13.8 Å². The molecule has 24 heavy (non-hydrogen) atoms. The van der Waals surface area contributed by atoms with Crippen molar-refractivity contribution in [2.24, 2.45) is 0 Å². The predicted molar refractivity (Wildman–Crippen MR) is 91.9 cm³/mol. The molecule has 0 aromatic rings. The van der Waals surface area contributed by atoms with Gasteiger partial charge in [0.15, 0.2) is 0 Å². The van der Waals surface area contributed by atoms with E-state index in [1.54, 1.807) is 6.92 Å². The molecule has 8 heteroatoms. The van der Waals surface area contributed by atoms with Crippen LogP contribution in [0, 0.1) is 0 Å². The molecule has 0 aromatic carbocycles. The highest BCUT2D eigenvalue weighted by molar-refractivity contribution is 5.69. The SMILES string of the molecule is CCN1CCN(CC(=O)O)CCN(CC=O)CCN(C(C)O)CC1. The standard InChI is InChI=1S/C16H32N4O4/c1-3-17-4-6-19(14-16(23)24)7-5-18(12-13-21)9-11-20(10-8-17)15(2)22/h13,15,22H,3-12,14H2,1-2H3,(H,23,24). The fourth-order valence-electron chi connectivity index (χ4n) is 2.88. The zero-order chi connectivity index (χ0) is 17.9. The maximum absolute atomic E-state index is 11.1. The van der Waals surface area contributed by atoms with Crippen LogP contribution in [0.3, 0.4) is 0 Å². The van der Waals surface area contributed by atoms with Gasteiger partial charge >= 0.3 is 5.97 Å². The average molecular weight is 344 g/mol. The molecule has 1 fully saturated rings. The molecule has 0 saturated carbocycles. The Kier molecular flexibility index (Phi) is 10.0. The van der Waals surface area contributed by atoms with Crippen LogP contribution in [0.4, 0.5) is 0 Å². The molecule has 0 amide bonds. The van der Waals surface area contributed by atoms with Crippen molar-refractivity contribution in [3.8, 4) is 0 Å². The summed E-state index contributed by atoms with van der Waals surface area (Å²) in [6, 6.07) is 0. The summed E-state index contributed by atoms with van der Waals surface area (Å²) in [5.74, 6) is -0.827. The third-order valence-corrected chi connectivity index (χ3v) is 4.54. The van der Waals surface area contributed by atoms with Crippen molar-refractivity contribution < 1.29 is 19.8 Å². The van der Waals surface area contributed by atoms with Crippen molar-refractivity contribution in [2.75, 3.05) is 72.0 Å². The lowest BCUT2D eigenvalue weighted by Gasteiger charge is -2.34. The number of carbonyl (C=O) groups excluding carboxylic acids is 1. The van der Waals surface area contributed by atoms with Crippen LogP contribution in [0.5, 0.6) is 0 Å². The van der Waals surface area contributed by atoms with Crippen molar-refractivity contribution >= 4 is 12.3 Å². The highest BCUT2D eigenvalue weighted by atomic mass is 16.4. The normalized spacial score (nSPS) is 22.5. The van der Waals surface area contributed by atoms with E-state index in [4.69, 9.17) is 5.11 Å². The second-order valence-corrected chi connectivity index (χ2v) is 6.24. The first kappa shape index (κ1) is 21.0.